The molecule has 0 aromatic rings. The second-order valence-corrected chi connectivity index (χ2v) is 2.80. The van der Waals surface area contributed by atoms with Gasteiger partial charge in [0.25, 0.3) is 0 Å². The maximum atomic E-state index is 10.9. The van der Waals surface area contributed by atoms with Gasteiger partial charge in [0.15, 0.2) is 0 Å². The molecule has 0 amide bonds. The molecule has 0 aliphatic carbocycles. The van der Waals surface area contributed by atoms with Crippen LogP contribution in [0.5, 0.6) is 0 Å². The number of nitrogens with one attached hydrogen (secondary N) is 1. The summed E-state index contributed by atoms with van der Waals surface area (Å²) in [5.74, 6) is -0.128. The van der Waals surface area contributed by atoms with E-state index in [1.54, 1.807) is 0 Å². The zero-order valence-electron chi connectivity index (χ0n) is 7.43. The van der Waals surface area contributed by atoms with Gasteiger partial charge in [-0.1, -0.05) is 11.6 Å². The average Bonchev–Trinajstić information content (AvgIpc) is 2.53. The van der Waals surface area contributed by atoms with Crippen molar-refractivity contribution in [3.63, 3.8) is 0 Å². The molecule has 1 aliphatic heterocycles. The summed E-state index contributed by atoms with van der Waals surface area (Å²) in [5, 5.41) is 3.21. The van der Waals surface area contributed by atoms with Crippen molar-refractivity contribution < 1.29 is 9.53 Å². The molecule has 0 saturated carbocycles. The third-order valence-electron chi connectivity index (χ3n) is 1.84. The van der Waals surface area contributed by atoms with Crippen LogP contribution in [0.1, 0.15) is 19.8 Å². The highest BCUT2D eigenvalue weighted by molar-refractivity contribution is 5.71. The highest BCUT2D eigenvalue weighted by atomic mass is 16.5. The van der Waals surface area contributed by atoms with Gasteiger partial charge in [-0.2, -0.15) is 0 Å². The fourth-order valence-electron chi connectivity index (χ4n) is 1.21. The summed E-state index contributed by atoms with van der Waals surface area (Å²) >= 11 is 0. The van der Waals surface area contributed by atoms with Crippen molar-refractivity contribution in [2.45, 2.75) is 19.8 Å². The summed E-state index contributed by atoms with van der Waals surface area (Å²) in [6, 6.07) is 0. The minimum Gasteiger partial charge on any atom is -0.466 e. The van der Waals surface area contributed by atoms with Crippen LogP contribution in [0, 0.1) is 0 Å². The highest BCUT2D eigenvalue weighted by Crippen LogP contribution is 2.06. The van der Waals surface area contributed by atoms with E-state index in [2.05, 4.69) is 5.32 Å². The van der Waals surface area contributed by atoms with E-state index in [1.165, 1.54) is 5.57 Å². The quantitative estimate of drug-likeness (QED) is 0.503. The Balaban J connectivity index is 2.22. The molecule has 1 aliphatic rings. The number of carbonyl (C=O) groups excluding carboxylic acids is 1. The van der Waals surface area contributed by atoms with Crippen molar-refractivity contribution in [3.8, 4) is 0 Å². The fourth-order valence-corrected chi connectivity index (χ4v) is 1.21. The molecule has 3 nitrogen and oxygen atoms in total. The van der Waals surface area contributed by atoms with Gasteiger partial charge in [0, 0.05) is 6.54 Å². The Kier molecular flexibility index (Phi) is 3.80. The van der Waals surface area contributed by atoms with Gasteiger partial charge >= 0.3 is 5.97 Å². The first-order valence-electron chi connectivity index (χ1n) is 4.37. The van der Waals surface area contributed by atoms with Gasteiger partial charge in [-0.15, -0.1) is 0 Å². The fraction of sp³-hybridized carbons (Fsp3) is 0.667. The Bertz CT molecular complexity index is 179. The van der Waals surface area contributed by atoms with E-state index in [1.807, 2.05) is 13.0 Å². The summed E-state index contributed by atoms with van der Waals surface area (Å²) in [7, 11) is 0. The average molecular weight is 169 g/mol. The molecule has 1 saturated heterocycles. The first-order chi connectivity index (χ1) is 5.83. The van der Waals surface area contributed by atoms with E-state index >= 15 is 0 Å². The maximum absolute atomic E-state index is 10.9. The van der Waals surface area contributed by atoms with E-state index in [9.17, 15) is 4.79 Å². The Hall–Kier alpha value is -0.830. The van der Waals surface area contributed by atoms with E-state index in [0.717, 1.165) is 19.5 Å². The van der Waals surface area contributed by atoms with Crippen molar-refractivity contribution in [1.29, 1.82) is 0 Å². The molecule has 1 fully saturated rings. The Morgan fingerprint density at radius 2 is 2.58 bits per heavy atom. The number of esters is 1. The number of hydrogen-bond donors (Lipinski definition) is 1. The summed E-state index contributed by atoms with van der Waals surface area (Å²) in [5.41, 5.74) is 1.32. The lowest BCUT2D eigenvalue weighted by Crippen LogP contribution is -2.05. The molecule has 1 rings (SSSR count). The van der Waals surface area contributed by atoms with Gasteiger partial charge in [-0.25, -0.2) is 0 Å². The van der Waals surface area contributed by atoms with Gasteiger partial charge in [-0.05, 0) is 19.9 Å². The molecule has 0 radical (unpaired) electrons. The molecule has 12 heavy (non-hydrogen) atoms. The van der Waals surface area contributed by atoms with Crippen molar-refractivity contribution in [3.05, 3.63) is 11.6 Å². The van der Waals surface area contributed by atoms with Crippen LogP contribution in [-0.4, -0.2) is 25.7 Å². The minimum atomic E-state index is -0.128. The topological polar surface area (TPSA) is 38.3 Å². The van der Waals surface area contributed by atoms with Crippen molar-refractivity contribution in [2.24, 2.45) is 0 Å². The van der Waals surface area contributed by atoms with Crippen molar-refractivity contribution in [1.82, 2.24) is 5.32 Å². The largest absolute Gasteiger partial charge is 0.466 e. The number of ether oxygens (including phenoxy) is 1. The molecular formula is C9H15NO2. The zero-order valence-corrected chi connectivity index (χ0v) is 7.43. The van der Waals surface area contributed by atoms with E-state index < -0.39 is 0 Å². The van der Waals surface area contributed by atoms with Gasteiger partial charge in [0.2, 0.25) is 0 Å². The summed E-state index contributed by atoms with van der Waals surface area (Å²) in [6.45, 7) is 4.26. The van der Waals surface area contributed by atoms with Gasteiger partial charge in [-0.3, -0.25) is 4.79 Å². The van der Waals surface area contributed by atoms with Crippen LogP contribution in [0.2, 0.25) is 0 Å². The predicted octanol–water partition coefficient (Wildman–Crippen LogP) is 0.859. The minimum absolute atomic E-state index is 0.128. The third-order valence-corrected chi connectivity index (χ3v) is 1.84. The Morgan fingerprint density at radius 1 is 1.75 bits per heavy atom. The van der Waals surface area contributed by atoms with E-state index in [4.69, 9.17) is 4.74 Å². The smallest absolute Gasteiger partial charge is 0.309 e. The second kappa shape index (κ2) is 4.93. The number of rotatable bonds is 3. The standard InChI is InChI=1S/C9H15NO2/c1-2-12-9(11)4-3-8-5-6-10-7-8/h3,10H,2,4-7H2,1H3/b8-3+. The van der Waals surface area contributed by atoms with E-state index in [-0.39, 0.29) is 5.97 Å². The molecule has 68 valence electrons. The van der Waals surface area contributed by atoms with Gasteiger partial charge < -0.3 is 10.1 Å². The summed E-state index contributed by atoms with van der Waals surface area (Å²) < 4.78 is 4.80. The summed E-state index contributed by atoms with van der Waals surface area (Å²) in [6.07, 6.45) is 3.46. The van der Waals surface area contributed by atoms with Crippen molar-refractivity contribution >= 4 is 5.97 Å². The monoisotopic (exact) mass is 169 g/mol. The van der Waals surface area contributed by atoms with Crippen LogP contribution in [-0.2, 0) is 9.53 Å². The van der Waals surface area contributed by atoms with Crippen LogP contribution >= 0.6 is 0 Å². The van der Waals surface area contributed by atoms with Crippen LogP contribution in [0.3, 0.4) is 0 Å². The lowest BCUT2D eigenvalue weighted by molar-refractivity contribution is -0.142. The SMILES string of the molecule is CCOC(=O)C/C=C1\CCNC1. The van der Waals surface area contributed by atoms with Crippen LogP contribution < -0.4 is 5.32 Å². The van der Waals surface area contributed by atoms with Crippen LogP contribution in [0.4, 0.5) is 0 Å². The Labute approximate surface area is 72.8 Å². The summed E-state index contributed by atoms with van der Waals surface area (Å²) in [4.78, 5) is 10.9. The first kappa shape index (κ1) is 9.26. The van der Waals surface area contributed by atoms with Crippen LogP contribution in [0.25, 0.3) is 0 Å². The second-order valence-electron chi connectivity index (χ2n) is 2.80. The zero-order chi connectivity index (χ0) is 8.81. The molecule has 0 unspecified atom stereocenters. The molecule has 0 aromatic carbocycles. The lowest BCUT2D eigenvalue weighted by atomic mass is 10.2. The maximum Gasteiger partial charge on any atom is 0.309 e. The van der Waals surface area contributed by atoms with E-state index in [0.29, 0.717) is 13.0 Å². The van der Waals surface area contributed by atoms with Crippen LogP contribution in [0.15, 0.2) is 11.6 Å². The molecule has 0 atom stereocenters. The molecule has 1 N–H and O–H groups in total. The number of hydrogen-bond acceptors (Lipinski definition) is 3. The molecule has 0 spiro atoms. The normalized spacial score (nSPS) is 19.9. The Morgan fingerprint density at radius 3 is 3.17 bits per heavy atom. The lowest BCUT2D eigenvalue weighted by Gasteiger charge is -1.98. The predicted molar refractivity (Wildman–Crippen MR) is 46.8 cm³/mol. The molecule has 3 heteroatoms. The third kappa shape index (κ3) is 3.05. The number of carbonyl (C=O) groups is 1. The molecule has 0 bridgehead atoms. The van der Waals surface area contributed by atoms with Gasteiger partial charge in [0.1, 0.15) is 0 Å². The molecule has 0 aromatic heterocycles. The van der Waals surface area contributed by atoms with Crippen molar-refractivity contribution in [2.75, 3.05) is 19.7 Å². The van der Waals surface area contributed by atoms with Gasteiger partial charge in [0.05, 0.1) is 13.0 Å². The molecular weight excluding hydrogens is 154 g/mol. The molecule has 1 heterocycles. The highest BCUT2D eigenvalue weighted by Gasteiger charge is 2.06. The first-order valence-corrected chi connectivity index (χ1v) is 4.37.